The molecule has 0 radical (unpaired) electrons. The van der Waals surface area contributed by atoms with E-state index in [2.05, 4.69) is 11.7 Å². The van der Waals surface area contributed by atoms with Crippen LogP contribution >= 0.6 is 11.8 Å². The lowest BCUT2D eigenvalue weighted by atomic mass is 10.1. The standard InChI is InChI=1S/C18H36O2S/c1-3-4-5-6-7-8-9-10-11-12-13-16-21-17-14-15-18(19)20-2/h3-17H2,1-2H3. The van der Waals surface area contributed by atoms with Gasteiger partial charge in [0, 0.05) is 6.42 Å². The van der Waals surface area contributed by atoms with E-state index in [4.69, 9.17) is 0 Å². The molecule has 2 nitrogen and oxygen atoms in total. The van der Waals surface area contributed by atoms with E-state index in [0.29, 0.717) is 6.42 Å². The SMILES string of the molecule is CCCCCCCCCCCCCSCCCC(=O)OC. The molecule has 0 aromatic heterocycles. The molecule has 3 heteroatoms. The van der Waals surface area contributed by atoms with Crippen LogP contribution in [0.15, 0.2) is 0 Å². The normalized spacial score (nSPS) is 10.8. The molecule has 0 fully saturated rings. The lowest BCUT2D eigenvalue weighted by molar-refractivity contribution is -0.140. The van der Waals surface area contributed by atoms with Gasteiger partial charge in [0.1, 0.15) is 0 Å². The van der Waals surface area contributed by atoms with Crippen molar-refractivity contribution in [1.29, 1.82) is 0 Å². The number of methoxy groups -OCH3 is 1. The van der Waals surface area contributed by atoms with Crippen LogP contribution in [-0.2, 0) is 9.53 Å². The number of carbonyl (C=O) groups is 1. The third-order valence-corrected chi connectivity index (χ3v) is 4.94. The number of rotatable bonds is 16. The lowest BCUT2D eigenvalue weighted by Gasteiger charge is -2.03. The smallest absolute Gasteiger partial charge is 0.305 e. The average Bonchev–Trinajstić information content (AvgIpc) is 2.50. The molecule has 0 heterocycles. The molecule has 0 aromatic rings. The van der Waals surface area contributed by atoms with Crippen molar-refractivity contribution >= 4 is 17.7 Å². The van der Waals surface area contributed by atoms with E-state index in [0.717, 1.165) is 12.2 Å². The van der Waals surface area contributed by atoms with E-state index in [1.54, 1.807) is 0 Å². The summed E-state index contributed by atoms with van der Waals surface area (Å²) in [4.78, 5) is 10.9. The molecule has 0 atom stereocenters. The number of hydrogen-bond acceptors (Lipinski definition) is 3. The van der Waals surface area contributed by atoms with Gasteiger partial charge < -0.3 is 4.74 Å². The number of unbranched alkanes of at least 4 members (excludes halogenated alkanes) is 10. The van der Waals surface area contributed by atoms with E-state index >= 15 is 0 Å². The molecule has 0 spiro atoms. The Hall–Kier alpha value is -0.180. The van der Waals surface area contributed by atoms with Gasteiger partial charge in [-0.05, 0) is 24.3 Å². The zero-order valence-electron chi connectivity index (χ0n) is 14.3. The van der Waals surface area contributed by atoms with Crippen molar-refractivity contribution in [2.45, 2.75) is 90.4 Å². The van der Waals surface area contributed by atoms with Crippen molar-refractivity contribution in [2.75, 3.05) is 18.6 Å². The second kappa shape index (κ2) is 17.9. The highest BCUT2D eigenvalue weighted by atomic mass is 32.2. The first-order valence-corrected chi connectivity index (χ1v) is 10.1. The Kier molecular flexibility index (Phi) is 17.7. The lowest BCUT2D eigenvalue weighted by Crippen LogP contribution is -2.00. The van der Waals surface area contributed by atoms with Crippen molar-refractivity contribution in [3.8, 4) is 0 Å². The maximum atomic E-state index is 10.9. The summed E-state index contributed by atoms with van der Waals surface area (Å²) in [6.45, 7) is 2.28. The monoisotopic (exact) mass is 316 g/mol. The summed E-state index contributed by atoms with van der Waals surface area (Å²) in [5.41, 5.74) is 0. The van der Waals surface area contributed by atoms with Crippen LogP contribution < -0.4 is 0 Å². The zero-order valence-corrected chi connectivity index (χ0v) is 15.1. The van der Waals surface area contributed by atoms with Gasteiger partial charge in [-0.3, -0.25) is 4.79 Å². The summed E-state index contributed by atoms with van der Waals surface area (Å²) in [5.74, 6) is 2.26. The van der Waals surface area contributed by atoms with Crippen LogP contribution in [0.3, 0.4) is 0 Å². The van der Waals surface area contributed by atoms with Crippen molar-refractivity contribution < 1.29 is 9.53 Å². The van der Waals surface area contributed by atoms with Crippen molar-refractivity contribution in [1.82, 2.24) is 0 Å². The molecule has 0 bridgehead atoms. The van der Waals surface area contributed by atoms with Gasteiger partial charge in [-0.1, -0.05) is 71.1 Å². The third-order valence-electron chi connectivity index (χ3n) is 3.79. The van der Waals surface area contributed by atoms with Crippen LogP contribution in [-0.4, -0.2) is 24.6 Å². The summed E-state index contributed by atoms with van der Waals surface area (Å²) in [6, 6.07) is 0. The highest BCUT2D eigenvalue weighted by Gasteiger charge is 1.99. The minimum Gasteiger partial charge on any atom is -0.469 e. The molecule has 0 aliphatic carbocycles. The quantitative estimate of drug-likeness (QED) is 0.259. The highest BCUT2D eigenvalue weighted by Crippen LogP contribution is 2.13. The Morgan fingerprint density at radius 1 is 0.762 bits per heavy atom. The van der Waals surface area contributed by atoms with Crippen LogP contribution in [0.4, 0.5) is 0 Å². The zero-order chi connectivity index (χ0) is 15.6. The van der Waals surface area contributed by atoms with E-state index < -0.39 is 0 Å². The van der Waals surface area contributed by atoms with E-state index in [9.17, 15) is 4.79 Å². The fourth-order valence-corrected chi connectivity index (χ4v) is 3.35. The Labute approximate surface area is 136 Å². The van der Waals surface area contributed by atoms with Crippen LogP contribution in [0.2, 0.25) is 0 Å². The molecule has 0 saturated heterocycles. The first-order valence-electron chi connectivity index (χ1n) is 8.95. The number of carbonyl (C=O) groups excluding carboxylic acids is 1. The summed E-state index contributed by atoms with van der Waals surface area (Å²) >= 11 is 1.98. The van der Waals surface area contributed by atoms with Crippen LogP contribution in [0.25, 0.3) is 0 Å². The Bertz CT molecular complexity index is 219. The van der Waals surface area contributed by atoms with Crippen molar-refractivity contribution in [3.05, 3.63) is 0 Å². The van der Waals surface area contributed by atoms with E-state index in [1.165, 1.54) is 83.5 Å². The number of hydrogen-bond donors (Lipinski definition) is 0. The molecular weight excluding hydrogens is 280 g/mol. The Morgan fingerprint density at radius 2 is 1.24 bits per heavy atom. The fourth-order valence-electron chi connectivity index (χ4n) is 2.39. The maximum absolute atomic E-state index is 10.9. The van der Waals surface area contributed by atoms with Gasteiger partial charge in [-0.25, -0.2) is 0 Å². The number of ether oxygens (including phenoxy) is 1. The van der Waals surface area contributed by atoms with Gasteiger partial charge in [-0.15, -0.1) is 0 Å². The minimum absolute atomic E-state index is 0.0784. The molecule has 126 valence electrons. The van der Waals surface area contributed by atoms with Gasteiger partial charge in [0.15, 0.2) is 0 Å². The third kappa shape index (κ3) is 17.8. The molecular formula is C18H36O2S. The summed E-state index contributed by atoms with van der Waals surface area (Å²) in [7, 11) is 1.46. The first kappa shape index (κ1) is 20.8. The van der Waals surface area contributed by atoms with Crippen molar-refractivity contribution in [3.63, 3.8) is 0 Å². The fraction of sp³-hybridized carbons (Fsp3) is 0.944. The second-order valence-corrected chi connectivity index (χ2v) is 7.05. The van der Waals surface area contributed by atoms with Gasteiger partial charge in [0.05, 0.1) is 7.11 Å². The van der Waals surface area contributed by atoms with Gasteiger partial charge >= 0.3 is 5.97 Å². The van der Waals surface area contributed by atoms with Gasteiger partial charge in [0.2, 0.25) is 0 Å². The number of thioether (sulfide) groups is 1. The molecule has 0 aliphatic rings. The molecule has 21 heavy (non-hydrogen) atoms. The van der Waals surface area contributed by atoms with Gasteiger partial charge in [0.25, 0.3) is 0 Å². The molecule has 0 N–H and O–H groups in total. The second-order valence-electron chi connectivity index (χ2n) is 5.83. The first-order chi connectivity index (χ1) is 10.3. The number of esters is 1. The molecule has 0 rings (SSSR count). The molecule has 0 aromatic carbocycles. The molecule has 0 saturated carbocycles. The molecule has 0 aliphatic heterocycles. The van der Waals surface area contributed by atoms with Crippen molar-refractivity contribution in [2.24, 2.45) is 0 Å². The predicted molar refractivity (Wildman–Crippen MR) is 95.0 cm³/mol. The average molecular weight is 317 g/mol. The summed E-state index contributed by atoms with van der Waals surface area (Å²) in [6.07, 6.45) is 17.0. The highest BCUT2D eigenvalue weighted by molar-refractivity contribution is 7.99. The van der Waals surface area contributed by atoms with Gasteiger partial charge in [-0.2, -0.15) is 11.8 Å². The van der Waals surface area contributed by atoms with E-state index in [-0.39, 0.29) is 5.97 Å². The topological polar surface area (TPSA) is 26.3 Å². The Morgan fingerprint density at radius 3 is 1.76 bits per heavy atom. The summed E-state index contributed by atoms with van der Waals surface area (Å²) < 4.78 is 4.62. The predicted octanol–water partition coefficient (Wildman–Crippen LogP) is 5.98. The Balaban J connectivity index is 2.98. The minimum atomic E-state index is -0.0784. The maximum Gasteiger partial charge on any atom is 0.305 e. The summed E-state index contributed by atoms with van der Waals surface area (Å²) in [5, 5.41) is 0. The van der Waals surface area contributed by atoms with Crippen LogP contribution in [0, 0.1) is 0 Å². The molecule has 0 unspecified atom stereocenters. The van der Waals surface area contributed by atoms with Crippen LogP contribution in [0.1, 0.15) is 90.4 Å². The molecule has 0 amide bonds. The van der Waals surface area contributed by atoms with Crippen LogP contribution in [0.5, 0.6) is 0 Å². The van der Waals surface area contributed by atoms with E-state index in [1.807, 2.05) is 11.8 Å². The largest absolute Gasteiger partial charge is 0.469 e.